The van der Waals surface area contributed by atoms with Crippen LogP contribution in [0.15, 0.2) is 108 Å². The van der Waals surface area contributed by atoms with E-state index in [1.54, 1.807) is 60.7 Å². The highest BCUT2D eigenvalue weighted by Crippen LogP contribution is 2.42. The third-order valence-electron chi connectivity index (χ3n) is 8.51. The number of ether oxygens (including phenoxy) is 1. The standard InChI is InChI=1S/C36H43BrFNO5SSi/c1-36(2,3)46(4,5)44-32(27-16-19-29(38)20-17-27)22-23-34(45(41,42)39-30-14-10-7-11-15-30)35(40)31-21-18-28(37)24-33(31)43-25-26-12-8-6-9-13-26/h6-21,24,32,34-35,39-40H,22-23,25H2,1-5H3/t32-,34?,35+/m0/s1. The van der Waals surface area contributed by atoms with Crippen molar-refractivity contribution in [1.29, 1.82) is 0 Å². The van der Waals surface area contributed by atoms with Crippen molar-refractivity contribution in [1.82, 2.24) is 0 Å². The van der Waals surface area contributed by atoms with Gasteiger partial charge in [0.05, 0.1) is 6.10 Å². The summed E-state index contributed by atoms with van der Waals surface area (Å²) < 4.78 is 58.5. The first-order valence-corrected chi connectivity index (χ1v) is 20.6. The molecule has 4 aromatic carbocycles. The molecule has 0 spiro atoms. The van der Waals surface area contributed by atoms with Gasteiger partial charge in [-0.25, -0.2) is 12.8 Å². The molecular weight excluding hydrogens is 685 g/mol. The number of aliphatic hydroxyl groups is 1. The first kappa shape index (κ1) is 35.8. The van der Waals surface area contributed by atoms with Crippen LogP contribution in [0.1, 0.15) is 62.5 Å². The summed E-state index contributed by atoms with van der Waals surface area (Å²) in [6, 6.07) is 29.5. The number of nitrogens with one attached hydrogen (secondary N) is 1. The molecule has 0 aromatic heterocycles. The molecule has 6 nitrogen and oxygen atoms in total. The van der Waals surface area contributed by atoms with E-state index in [0.717, 1.165) is 15.6 Å². The third kappa shape index (κ3) is 9.51. The Labute approximate surface area is 282 Å². The molecule has 0 bridgehead atoms. The van der Waals surface area contributed by atoms with Crippen molar-refractivity contribution in [2.24, 2.45) is 0 Å². The van der Waals surface area contributed by atoms with Crippen LogP contribution >= 0.6 is 15.9 Å². The van der Waals surface area contributed by atoms with E-state index in [2.05, 4.69) is 54.5 Å². The molecule has 246 valence electrons. The Kier molecular flexibility index (Phi) is 11.9. The first-order valence-electron chi connectivity index (χ1n) is 15.3. The van der Waals surface area contributed by atoms with Crippen LogP contribution in [-0.2, 0) is 21.1 Å². The Morgan fingerprint density at radius 2 is 1.50 bits per heavy atom. The van der Waals surface area contributed by atoms with Crippen molar-refractivity contribution in [2.45, 2.75) is 75.8 Å². The van der Waals surface area contributed by atoms with Gasteiger partial charge in [0.25, 0.3) is 0 Å². The van der Waals surface area contributed by atoms with E-state index < -0.39 is 35.8 Å². The Morgan fingerprint density at radius 3 is 2.11 bits per heavy atom. The summed E-state index contributed by atoms with van der Waals surface area (Å²) in [5.41, 5.74) is 2.43. The summed E-state index contributed by atoms with van der Waals surface area (Å²) in [6.45, 7) is 10.9. The zero-order valence-electron chi connectivity index (χ0n) is 26.9. The van der Waals surface area contributed by atoms with Gasteiger partial charge in [-0.1, -0.05) is 103 Å². The van der Waals surface area contributed by atoms with E-state index in [4.69, 9.17) is 9.16 Å². The average molecular weight is 729 g/mol. The van der Waals surface area contributed by atoms with Gasteiger partial charge >= 0.3 is 0 Å². The van der Waals surface area contributed by atoms with Crippen molar-refractivity contribution in [2.75, 3.05) is 4.72 Å². The molecule has 46 heavy (non-hydrogen) atoms. The van der Waals surface area contributed by atoms with Crippen molar-refractivity contribution < 1.29 is 27.1 Å². The number of anilines is 1. The fourth-order valence-corrected chi connectivity index (χ4v) is 8.07. The summed E-state index contributed by atoms with van der Waals surface area (Å²) in [5, 5.41) is 10.6. The lowest BCUT2D eigenvalue weighted by Crippen LogP contribution is -2.42. The lowest BCUT2D eigenvalue weighted by molar-refractivity contribution is 0.138. The topological polar surface area (TPSA) is 84.9 Å². The zero-order chi connectivity index (χ0) is 33.5. The summed E-state index contributed by atoms with van der Waals surface area (Å²) >= 11 is 3.49. The minimum absolute atomic E-state index is 0.0498. The molecule has 2 N–H and O–H groups in total. The fraction of sp³-hybridized carbons (Fsp3) is 0.333. The van der Waals surface area contributed by atoms with Crippen molar-refractivity contribution in [3.63, 3.8) is 0 Å². The maximum atomic E-state index is 14.1. The number of hydrogen-bond donors (Lipinski definition) is 2. The highest BCUT2D eigenvalue weighted by molar-refractivity contribution is 9.10. The van der Waals surface area contributed by atoms with Crippen molar-refractivity contribution >= 4 is 40.0 Å². The lowest BCUT2D eigenvalue weighted by Gasteiger charge is -2.40. The predicted molar refractivity (Wildman–Crippen MR) is 189 cm³/mol. The largest absolute Gasteiger partial charge is 0.488 e. The van der Waals surface area contributed by atoms with E-state index in [9.17, 15) is 17.9 Å². The van der Waals surface area contributed by atoms with Gasteiger partial charge in [-0.3, -0.25) is 4.72 Å². The van der Waals surface area contributed by atoms with Crippen molar-refractivity contribution in [3.05, 3.63) is 130 Å². The van der Waals surface area contributed by atoms with Crippen LogP contribution in [-0.4, -0.2) is 27.1 Å². The average Bonchev–Trinajstić information content (AvgIpc) is 3.00. The molecular formula is C36H43BrFNO5SSi. The Bertz CT molecular complexity index is 1670. The second-order valence-electron chi connectivity index (χ2n) is 12.9. The molecule has 0 heterocycles. The van der Waals surface area contributed by atoms with Crippen LogP contribution in [0, 0.1) is 5.82 Å². The van der Waals surface area contributed by atoms with Crippen molar-refractivity contribution in [3.8, 4) is 5.75 Å². The monoisotopic (exact) mass is 727 g/mol. The molecule has 4 rings (SSSR count). The quantitative estimate of drug-likeness (QED) is 0.126. The summed E-state index contributed by atoms with van der Waals surface area (Å²) in [6.07, 6.45) is -1.64. The molecule has 0 saturated carbocycles. The van der Waals surface area contributed by atoms with Gasteiger partial charge < -0.3 is 14.3 Å². The second-order valence-corrected chi connectivity index (χ2v) is 20.5. The van der Waals surface area contributed by atoms with Crippen LogP contribution in [0.25, 0.3) is 0 Å². The molecule has 3 atom stereocenters. The molecule has 4 aromatic rings. The molecule has 0 fully saturated rings. The molecule has 0 aliphatic heterocycles. The van der Waals surface area contributed by atoms with Gasteiger partial charge in [0.2, 0.25) is 10.0 Å². The van der Waals surface area contributed by atoms with Gasteiger partial charge in [0, 0.05) is 15.7 Å². The smallest absolute Gasteiger partial charge is 0.238 e. The fourth-order valence-electron chi connectivity index (χ4n) is 4.86. The molecule has 0 amide bonds. The normalized spacial score (nSPS) is 14.3. The summed E-state index contributed by atoms with van der Waals surface area (Å²) in [5.74, 6) is 0.00859. The lowest BCUT2D eigenvalue weighted by atomic mass is 9.98. The molecule has 10 heteroatoms. The van der Waals surface area contributed by atoms with Crippen LogP contribution in [0.4, 0.5) is 10.1 Å². The molecule has 0 radical (unpaired) electrons. The molecule has 0 saturated heterocycles. The SMILES string of the molecule is CC(C)(C)[Si](C)(C)O[C@@H](CCC([C@H](O)c1ccc(Br)cc1OCc1ccccc1)S(=O)(=O)Nc1ccccc1)c1ccc(F)cc1. The van der Waals surface area contributed by atoms with Crippen LogP contribution < -0.4 is 9.46 Å². The maximum Gasteiger partial charge on any atom is 0.238 e. The Balaban J connectivity index is 1.71. The molecule has 1 unspecified atom stereocenters. The number of halogens is 2. The zero-order valence-corrected chi connectivity index (χ0v) is 30.3. The number of benzene rings is 4. The van der Waals surface area contributed by atoms with E-state index >= 15 is 0 Å². The van der Waals surface area contributed by atoms with E-state index in [-0.39, 0.29) is 30.3 Å². The molecule has 0 aliphatic rings. The van der Waals surface area contributed by atoms with Gasteiger partial charge in [-0.05, 0) is 78.5 Å². The maximum absolute atomic E-state index is 14.1. The Morgan fingerprint density at radius 1 is 0.891 bits per heavy atom. The van der Waals surface area contributed by atoms with Gasteiger partial charge in [-0.2, -0.15) is 0 Å². The van der Waals surface area contributed by atoms with Crippen LogP contribution in [0.5, 0.6) is 5.75 Å². The third-order valence-corrected chi connectivity index (χ3v) is 15.3. The van der Waals surface area contributed by atoms with Gasteiger partial charge in [0.1, 0.15) is 29.5 Å². The summed E-state index contributed by atoms with van der Waals surface area (Å²) in [7, 11) is -6.48. The van der Waals surface area contributed by atoms with Crippen LogP contribution in [0.3, 0.4) is 0 Å². The number of aliphatic hydroxyl groups excluding tert-OH is 1. The van der Waals surface area contributed by atoms with E-state index in [1.807, 2.05) is 30.3 Å². The number of sulfonamides is 1. The number of para-hydroxylation sites is 1. The Hall–Kier alpha value is -3.02. The van der Waals surface area contributed by atoms with Crippen LogP contribution in [0.2, 0.25) is 18.1 Å². The number of rotatable bonds is 14. The minimum atomic E-state index is -4.14. The van der Waals surface area contributed by atoms with Gasteiger partial charge in [0.15, 0.2) is 8.32 Å². The molecule has 0 aliphatic carbocycles. The van der Waals surface area contributed by atoms with E-state index in [1.165, 1.54) is 12.1 Å². The minimum Gasteiger partial charge on any atom is -0.488 e. The summed E-state index contributed by atoms with van der Waals surface area (Å²) in [4.78, 5) is 0. The highest BCUT2D eigenvalue weighted by atomic mass is 79.9. The second kappa shape index (κ2) is 15.3. The predicted octanol–water partition coefficient (Wildman–Crippen LogP) is 9.55. The number of hydrogen-bond acceptors (Lipinski definition) is 5. The highest BCUT2D eigenvalue weighted by Gasteiger charge is 2.41. The first-order chi connectivity index (χ1) is 21.7. The van der Waals surface area contributed by atoms with E-state index in [0.29, 0.717) is 17.0 Å². The van der Waals surface area contributed by atoms with Gasteiger partial charge in [-0.15, -0.1) is 0 Å².